The van der Waals surface area contributed by atoms with Crippen LogP contribution in [0.1, 0.15) is 34.7 Å². The highest BCUT2D eigenvalue weighted by atomic mass is 16.5. The summed E-state index contributed by atoms with van der Waals surface area (Å²) in [6, 6.07) is 2.85. The second-order valence-electron chi connectivity index (χ2n) is 6.82. The first kappa shape index (κ1) is 11.8. The molecule has 5 rings (SSSR count). The number of allylic oxidation sites excluding steroid dienone is 5. The van der Waals surface area contributed by atoms with Gasteiger partial charge in [-0.25, -0.2) is 0 Å². The van der Waals surface area contributed by atoms with Crippen molar-refractivity contribution in [3.63, 3.8) is 0 Å². The minimum atomic E-state index is 0.0592. The van der Waals surface area contributed by atoms with Gasteiger partial charge >= 0.3 is 0 Å². The van der Waals surface area contributed by atoms with E-state index in [9.17, 15) is 0 Å². The highest BCUT2D eigenvalue weighted by Gasteiger charge is 2.48. The molecule has 21 heavy (non-hydrogen) atoms. The van der Waals surface area contributed by atoms with Crippen molar-refractivity contribution in [2.24, 2.45) is 0 Å². The summed E-state index contributed by atoms with van der Waals surface area (Å²) in [5, 5.41) is 0. The molecule has 0 N–H and O–H groups in total. The van der Waals surface area contributed by atoms with E-state index in [0.717, 1.165) is 37.3 Å². The van der Waals surface area contributed by atoms with Gasteiger partial charge < -0.3 is 4.74 Å². The standard InChI is InChI=1S/C19H19NO/c1-12-3-6-19(7-4-12)10-15-17-13(5-8-20(15)2)9-16-14(11-21-16)18(17)19/h3-4,6-7,9,15H,1,5,8,10-11H2,2H3. The van der Waals surface area contributed by atoms with Gasteiger partial charge in [-0.2, -0.15) is 0 Å². The van der Waals surface area contributed by atoms with Gasteiger partial charge in [0.1, 0.15) is 12.4 Å². The van der Waals surface area contributed by atoms with Crippen LogP contribution >= 0.6 is 0 Å². The smallest absolute Gasteiger partial charge is 0.127 e. The molecule has 1 unspecified atom stereocenters. The average molecular weight is 277 g/mol. The van der Waals surface area contributed by atoms with E-state index < -0.39 is 0 Å². The van der Waals surface area contributed by atoms with Crippen molar-refractivity contribution in [2.45, 2.75) is 30.9 Å². The lowest BCUT2D eigenvalue weighted by Gasteiger charge is -2.34. The minimum Gasteiger partial charge on any atom is -0.488 e. The molecule has 1 spiro atoms. The minimum absolute atomic E-state index is 0.0592. The Morgan fingerprint density at radius 1 is 1.33 bits per heavy atom. The Hall–Kier alpha value is -1.80. The molecule has 0 amide bonds. The summed E-state index contributed by atoms with van der Waals surface area (Å²) in [6.45, 7) is 5.98. The van der Waals surface area contributed by atoms with E-state index in [1.165, 1.54) is 16.7 Å². The molecular weight excluding hydrogens is 258 g/mol. The lowest BCUT2D eigenvalue weighted by molar-refractivity contribution is 0.221. The number of nitrogens with zero attached hydrogens (tertiary/aromatic N) is 1. The van der Waals surface area contributed by atoms with Crippen LogP contribution in [-0.4, -0.2) is 18.5 Å². The number of fused-ring (bicyclic) bond motifs is 3. The van der Waals surface area contributed by atoms with Gasteiger partial charge in [0.25, 0.3) is 0 Å². The first-order chi connectivity index (χ1) is 10.2. The van der Waals surface area contributed by atoms with Gasteiger partial charge in [-0.15, -0.1) is 0 Å². The predicted octanol–water partition coefficient (Wildman–Crippen LogP) is 3.43. The van der Waals surface area contributed by atoms with E-state index >= 15 is 0 Å². The molecule has 2 aliphatic heterocycles. The molecule has 1 aromatic carbocycles. The van der Waals surface area contributed by atoms with E-state index in [-0.39, 0.29) is 5.41 Å². The second kappa shape index (κ2) is 3.69. The Kier molecular flexibility index (Phi) is 2.08. The van der Waals surface area contributed by atoms with Crippen LogP contribution in [0, 0.1) is 0 Å². The fourth-order valence-electron chi connectivity index (χ4n) is 4.51. The third-order valence-electron chi connectivity index (χ3n) is 5.68. The van der Waals surface area contributed by atoms with Crippen LogP contribution in [0.2, 0.25) is 0 Å². The molecule has 0 saturated carbocycles. The van der Waals surface area contributed by atoms with Crippen molar-refractivity contribution in [2.75, 3.05) is 13.6 Å². The molecule has 0 bridgehead atoms. The summed E-state index contributed by atoms with van der Waals surface area (Å²) < 4.78 is 5.71. The third-order valence-corrected chi connectivity index (χ3v) is 5.68. The van der Waals surface area contributed by atoms with Crippen LogP contribution < -0.4 is 4.74 Å². The van der Waals surface area contributed by atoms with E-state index in [4.69, 9.17) is 4.74 Å². The van der Waals surface area contributed by atoms with E-state index in [2.05, 4.69) is 48.9 Å². The van der Waals surface area contributed by atoms with Crippen molar-refractivity contribution in [1.82, 2.24) is 4.90 Å². The monoisotopic (exact) mass is 277 g/mol. The molecule has 4 aliphatic rings. The first-order valence-electron chi connectivity index (χ1n) is 7.77. The van der Waals surface area contributed by atoms with E-state index in [0.29, 0.717) is 6.04 Å². The summed E-state index contributed by atoms with van der Waals surface area (Å²) in [5.41, 5.74) is 7.23. The molecule has 0 saturated heterocycles. The van der Waals surface area contributed by atoms with Gasteiger partial charge in [-0.05, 0) is 48.2 Å². The van der Waals surface area contributed by atoms with Crippen LogP contribution in [0.5, 0.6) is 5.75 Å². The van der Waals surface area contributed by atoms with Crippen molar-refractivity contribution in [1.29, 1.82) is 0 Å². The highest BCUT2D eigenvalue weighted by Crippen LogP contribution is 2.57. The summed E-state index contributed by atoms with van der Waals surface area (Å²) in [7, 11) is 2.27. The Morgan fingerprint density at radius 3 is 2.86 bits per heavy atom. The van der Waals surface area contributed by atoms with Crippen molar-refractivity contribution >= 4 is 0 Å². The molecule has 2 aliphatic carbocycles. The fourth-order valence-corrected chi connectivity index (χ4v) is 4.51. The van der Waals surface area contributed by atoms with E-state index in [1.54, 1.807) is 5.56 Å². The molecule has 1 atom stereocenters. The van der Waals surface area contributed by atoms with Gasteiger partial charge in [0.2, 0.25) is 0 Å². The number of hydrogen-bond acceptors (Lipinski definition) is 2. The summed E-state index contributed by atoms with van der Waals surface area (Å²) in [5.74, 6) is 1.12. The Balaban J connectivity index is 1.81. The molecule has 2 heteroatoms. The van der Waals surface area contributed by atoms with Crippen LogP contribution in [0.3, 0.4) is 0 Å². The maximum atomic E-state index is 5.71. The summed E-state index contributed by atoms with van der Waals surface area (Å²) in [4.78, 5) is 2.53. The average Bonchev–Trinajstić information content (AvgIpc) is 2.77. The normalized spacial score (nSPS) is 27.3. The molecule has 106 valence electrons. The number of ether oxygens (including phenoxy) is 1. The van der Waals surface area contributed by atoms with Crippen LogP contribution in [0.25, 0.3) is 0 Å². The first-order valence-corrected chi connectivity index (χ1v) is 7.77. The van der Waals surface area contributed by atoms with Crippen LogP contribution in [-0.2, 0) is 18.4 Å². The van der Waals surface area contributed by atoms with Crippen LogP contribution in [0.4, 0.5) is 0 Å². The Labute approximate surface area is 125 Å². The van der Waals surface area contributed by atoms with Crippen molar-refractivity contribution in [3.05, 3.63) is 64.8 Å². The Bertz CT molecular complexity index is 724. The summed E-state index contributed by atoms with van der Waals surface area (Å²) in [6.07, 6.45) is 11.4. The van der Waals surface area contributed by atoms with Crippen molar-refractivity contribution in [3.8, 4) is 5.75 Å². The lowest BCUT2D eigenvalue weighted by atomic mass is 9.75. The quantitative estimate of drug-likeness (QED) is 0.720. The van der Waals surface area contributed by atoms with E-state index in [1.807, 2.05) is 0 Å². The second-order valence-corrected chi connectivity index (χ2v) is 6.82. The molecular formula is C19H19NO. The SMILES string of the molecule is C=C1C=CC2(C=C1)CC1c3c(cc4c(c32)CO4)CCN1C. The maximum absolute atomic E-state index is 5.71. The number of rotatable bonds is 0. The maximum Gasteiger partial charge on any atom is 0.127 e. The van der Waals surface area contributed by atoms with Gasteiger partial charge in [-0.1, -0.05) is 30.9 Å². The Morgan fingerprint density at radius 2 is 2.14 bits per heavy atom. The molecule has 1 aromatic rings. The van der Waals surface area contributed by atoms with Crippen molar-refractivity contribution < 1.29 is 4.74 Å². The molecule has 2 nitrogen and oxygen atoms in total. The van der Waals surface area contributed by atoms with Crippen LogP contribution in [0.15, 0.2) is 42.5 Å². The van der Waals surface area contributed by atoms with Gasteiger partial charge in [0, 0.05) is 23.6 Å². The number of hydrogen-bond donors (Lipinski definition) is 0. The number of benzene rings is 1. The van der Waals surface area contributed by atoms with Gasteiger partial charge in [-0.3, -0.25) is 4.90 Å². The predicted molar refractivity (Wildman–Crippen MR) is 83.6 cm³/mol. The summed E-state index contributed by atoms with van der Waals surface area (Å²) >= 11 is 0. The fraction of sp³-hybridized carbons (Fsp3) is 0.368. The molecule has 0 fully saturated rings. The zero-order valence-corrected chi connectivity index (χ0v) is 12.4. The lowest BCUT2D eigenvalue weighted by Crippen LogP contribution is -2.31. The zero-order valence-electron chi connectivity index (χ0n) is 12.4. The molecule has 0 radical (unpaired) electrons. The van der Waals surface area contributed by atoms with Gasteiger partial charge in [0.05, 0.1) is 0 Å². The zero-order chi connectivity index (χ0) is 14.2. The highest BCUT2D eigenvalue weighted by molar-refractivity contribution is 5.64. The molecule has 0 aromatic heterocycles. The number of likely N-dealkylation sites (N-methyl/N-ethyl adjacent to an activating group) is 1. The topological polar surface area (TPSA) is 12.5 Å². The molecule has 2 heterocycles. The third kappa shape index (κ3) is 1.36. The largest absolute Gasteiger partial charge is 0.488 e. The van der Waals surface area contributed by atoms with Gasteiger partial charge in [0.15, 0.2) is 0 Å².